The van der Waals surface area contributed by atoms with Crippen molar-refractivity contribution in [1.82, 2.24) is 9.29 Å². The second-order valence-electron chi connectivity index (χ2n) is 5.11. The number of ether oxygens (including phenoxy) is 1. The van der Waals surface area contributed by atoms with Gasteiger partial charge in [-0.05, 0) is 23.8 Å². The van der Waals surface area contributed by atoms with E-state index in [0.29, 0.717) is 10.9 Å². The number of hydrogen-bond donors (Lipinski definition) is 0. The largest absolute Gasteiger partial charge is 0.470 e. The zero-order valence-electron chi connectivity index (χ0n) is 12.2. The molecule has 0 saturated carbocycles. The fraction of sp³-hybridized carbons (Fsp3) is 0.188. The molecule has 7 heteroatoms. The van der Waals surface area contributed by atoms with Gasteiger partial charge in [-0.1, -0.05) is 41.9 Å². The molecule has 0 spiro atoms. The monoisotopic (exact) mass is 350 g/mol. The molecule has 120 valence electrons. The summed E-state index contributed by atoms with van der Waals surface area (Å²) in [5, 5.41) is 1.63. The van der Waals surface area contributed by atoms with E-state index < -0.39 is 10.0 Å². The molecule has 2 heterocycles. The molecule has 0 radical (unpaired) electrons. The van der Waals surface area contributed by atoms with Crippen LogP contribution in [0, 0.1) is 0 Å². The predicted octanol–water partition coefficient (Wildman–Crippen LogP) is 2.80. The van der Waals surface area contributed by atoms with Gasteiger partial charge >= 0.3 is 0 Å². The molecule has 0 amide bonds. The zero-order valence-corrected chi connectivity index (χ0v) is 13.7. The number of hydrogen-bond acceptors (Lipinski definition) is 4. The number of halogens is 1. The number of sulfonamides is 1. The van der Waals surface area contributed by atoms with Crippen molar-refractivity contribution in [1.29, 1.82) is 0 Å². The molecule has 0 aliphatic carbocycles. The van der Waals surface area contributed by atoms with E-state index in [2.05, 4.69) is 4.98 Å². The molecule has 1 saturated heterocycles. The number of pyridine rings is 1. The van der Waals surface area contributed by atoms with E-state index in [-0.39, 0.29) is 19.2 Å². The summed E-state index contributed by atoms with van der Waals surface area (Å²) < 4.78 is 31.3. The van der Waals surface area contributed by atoms with Gasteiger partial charge in [-0.15, -0.1) is 0 Å². The van der Waals surface area contributed by atoms with Gasteiger partial charge < -0.3 is 4.74 Å². The molecule has 0 N–H and O–H groups in total. The second kappa shape index (κ2) is 6.70. The van der Waals surface area contributed by atoms with E-state index in [4.69, 9.17) is 16.3 Å². The molecule has 3 rings (SSSR count). The molecule has 23 heavy (non-hydrogen) atoms. The van der Waals surface area contributed by atoms with E-state index in [0.717, 1.165) is 5.56 Å². The Hall–Kier alpha value is -1.89. The minimum Gasteiger partial charge on any atom is -0.470 e. The van der Waals surface area contributed by atoms with Crippen LogP contribution in [-0.2, 0) is 10.0 Å². The van der Waals surface area contributed by atoms with Crippen LogP contribution >= 0.6 is 11.6 Å². The normalized spacial score (nSPS) is 16.4. The van der Waals surface area contributed by atoms with Crippen LogP contribution in [0.4, 0.5) is 0 Å². The Balaban J connectivity index is 1.58. The highest BCUT2D eigenvalue weighted by Crippen LogP contribution is 2.25. The zero-order chi connectivity index (χ0) is 16.3. The summed E-state index contributed by atoms with van der Waals surface area (Å²) in [5.41, 5.74) is 0.838. The second-order valence-corrected chi connectivity index (χ2v) is 7.33. The lowest BCUT2D eigenvalue weighted by atomic mass is 10.2. The molecular formula is C16H15ClN2O3S. The highest BCUT2D eigenvalue weighted by molar-refractivity contribution is 7.92. The minimum atomic E-state index is -3.44. The molecule has 0 bridgehead atoms. The van der Waals surface area contributed by atoms with E-state index in [9.17, 15) is 8.42 Å². The average molecular weight is 351 g/mol. The molecule has 0 atom stereocenters. The predicted molar refractivity (Wildman–Crippen MR) is 89.6 cm³/mol. The molecule has 1 aliphatic rings. The first kappa shape index (κ1) is 16.0. The first-order chi connectivity index (χ1) is 11.0. The smallest absolute Gasteiger partial charge is 0.236 e. The van der Waals surface area contributed by atoms with Crippen molar-refractivity contribution in [3.63, 3.8) is 0 Å². The molecule has 0 unspecified atom stereocenters. The van der Waals surface area contributed by atoms with Gasteiger partial charge in [-0.3, -0.25) is 0 Å². The lowest BCUT2D eigenvalue weighted by molar-refractivity contribution is 0.0731. The van der Waals surface area contributed by atoms with Crippen molar-refractivity contribution in [2.24, 2.45) is 0 Å². The fourth-order valence-electron chi connectivity index (χ4n) is 2.11. The van der Waals surface area contributed by atoms with Crippen LogP contribution in [0.1, 0.15) is 5.56 Å². The number of nitrogens with zero attached hydrogens (tertiary/aromatic N) is 2. The maximum Gasteiger partial charge on any atom is 0.236 e. The summed E-state index contributed by atoms with van der Waals surface area (Å²) in [6.07, 6.45) is 2.93. The summed E-state index contributed by atoms with van der Waals surface area (Å²) in [6, 6.07) is 12.7. The van der Waals surface area contributed by atoms with Crippen LogP contribution in [0.2, 0.25) is 5.02 Å². The molecule has 1 aliphatic heterocycles. The SMILES string of the molecule is O=S(=O)(/C=C/c1ccccc1)N1CC(Oc2ncccc2Cl)C1. The minimum absolute atomic E-state index is 0.234. The first-order valence-corrected chi connectivity index (χ1v) is 8.93. The van der Waals surface area contributed by atoms with Crippen molar-refractivity contribution in [3.8, 4) is 5.88 Å². The van der Waals surface area contributed by atoms with Crippen molar-refractivity contribution in [3.05, 3.63) is 64.7 Å². The lowest BCUT2D eigenvalue weighted by Gasteiger charge is -2.36. The van der Waals surface area contributed by atoms with Gasteiger partial charge in [-0.2, -0.15) is 4.31 Å². The fourth-order valence-corrected chi connectivity index (χ4v) is 3.53. The molecule has 1 aromatic carbocycles. The summed E-state index contributed by atoms with van der Waals surface area (Å²) in [6.45, 7) is 0.572. The van der Waals surface area contributed by atoms with Crippen molar-refractivity contribution in [2.45, 2.75) is 6.10 Å². The van der Waals surface area contributed by atoms with Crippen LogP contribution in [0.5, 0.6) is 5.88 Å². The van der Waals surface area contributed by atoms with E-state index in [1.165, 1.54) is 9.71 Å². The lowest BCUT2D eigenvalue weighted by Crippen LogP contribution is -2.55. The third-order valence-electron chi connectivity index (χ3n) is 3.41. The molecule has 2 aromatic rings. The van der Waals surface area contributed by atoms with Gasteiger partial charge in [0.05, 0.1) is 13.1 Å². The molecular weight excluding hydrogens is 336 g/mol. The van der Waals surface area contributed by atoms with Gasteiger partial charge in [0.2, 0.25) is 15.9 Å². The Morgan fingerprint density at radius 2 is 1.91 bits per heavy atom. The van der Waals surface area contributed by atoms with Gasteiger partial charge in [-0.25, -0.2) is 13.4 Å². The van der Waals surface area contributed by atoms with Crippen LogP contribution in [-0.4, -0.2) is 36.9 Å². The van der Waals surface area contributed by atoms with Crippen molar-refractivity contribution >= 4 is 27.7 Å². The highest BCUT2D eigenvalue weighted by Gasteiger charge is 2.36. The average Bonchev–Trinajstić information content (AvgIpc) is 2.51. The van der Waals surface area contributed by atoms with Crippen LogP contribution in [0.15, 0.2) is 54.1 Å². The van der Waals surface area contributed by atoms with Crippen molar-refractivity contribution < 1.29 is 13.2 Å². The van der Waals surface area contributed by atoms with E-state index in [1.807, 2.05) is 30.3 Å². The maximum atomic E-state index is 12.2. The van der Waals surface area contributed by atoms with E-state index >= 15 is 0 Å². The van der Waals surface area contributed by atoms with Crippen LogP contribution in [0.3, 0.4) is 0 Å². The standard InChI is InChI=1S/C16H15ClN2O3S/c17-15-7-4-9-18-16(15)22-14-11-19(12-14)23(20,21)10-8-13-5-2-1-3-6-13/h1-10,14H,11-12H2/b10-8+. The van der Waals surface area contributed by atoms with E-state index in [1.54, 1.807) is 24.4 Å². The number of aromatic nitrogens is 1. The van der Waals surface area contributed by atoms with Gasteiger partial charge in [0.15, 0.2) is 0 Å². The van der Waals surface area contributed by atoms with Crippen LogP contribution < -0.4 is 4.74 Å². The molecule has 5 nitrogen and oxygen atoms in total. The first-order valence-electron chi connectivity index (χ1n) is 7.05. The highest BCUT2D eigenvalue weighted by atomic mass is 35.5. The quantitative estimate of drug-likeness (QED) is 0.832. The third-order valence-corrected chi connectivity index (χ3v) is 5.20. The Morgan fingerprint density at radius 3 is 2.61 bits per heavy atom. The number of benzene rings is 1. The summed E-state index contributed by atoms with van der Waals surface area (Å²) in [5.74, 6) is 0.330. The summed E-state index contributed by atoms with van der Waals surface area (Å²) in [7, 11) is -3.44. The Kier molecular flexibility index (Phi) is 4.66. The molecule has 1 fully saturated rings. The summed E-state index contributed by atoms with van der Waals surface area (Å²) in [4.78, 5) is 4.03. The molecule has 1 aromatic heterocycles. The van der Waals surface area contributed by atoms with Gasteiger partial charge in [0, 0.05) is 11.6 Å². The van der Waals surface area contributed by atoms with Crippen molar-refractivity contribution in [2.75, 3.05) is 13.1 Å². The summed E-state index contributed by atoms with van der Waals surface area (Å²) >= 11 is 5.96. The Labute approximate surface area is 140 Å². The number of rotatable bonds is 5. The van der Waals surface area contributed by atoms with Gasteiger partial charge in [0.25, 0.3) is 0 Å². The van der Waals surface area contributed by atoms with Crippen LogP contribution in [0.25, 0.3) is 6.08 Å². The maximum absolute atomic E-state index is 12.2. The topological polar surface area (TPSA) is 59.5 Å². The Morgan fingerprint density at radius 1 is 1.17 bits per heavy atom. The third kappa shape index (κ3) is 3.90. The Bertz CT molecular complexity index is 803. The van der Waals surface area contributed by atoms with Gasteiger partial charge in [0.1, 0.15) is 11.1 Å².